The summed E-state index contributed by atoms with van der Waals surface area (Å²) in [6, 6.07) is 0. The van der Waals surface area contributed by atoms with Gasteiger partial charge in [0.2, 0.25) is 0 Å². The van der Waals surface area contributed by atoms with Gasteiger partial charge >= 0.3 is 13.5 Å². The van der Waals surface area contributed by atoms with Crippen LogP contribution in [-0.4, -0.2) is 42.9 Å². The maximum Gasteiger partial charge on any atom is 0.471 e. The van der Waals surface area contributed by atoms with Gasteiger partial charge in [0, 0.05) is 18.2 Å². The highest BCUT2D eigenvalue weighted by atomic mass is 31.2. The molecule has 4 atom stereocenters. The van der Waals surface area contributed by atoms with Crippen LogP contribution >= 0.6 is 7.82 Å². The molecular formula is C10H16N3O8P. The van der Waals surface area contributed by atoms with E-state index in [2.05, 4.69) is 9.51 Å². The molecule has 0 bridgehead atoms. The van der Waals surface area contributed by atoms with Gasteiger partial charge in [-0.15, -0.1) is 0 Å². The molecule has 0 aromatic carbocycles. The molecule has 11 nitrogen and oxygen atoms in total. The van der Waals surface area contributed by atoms with Crippen LogP contribution < -0.4 is 17.0 Å². The Bertz CT molecular complexity index is 709. The summed E-state index contributed by atoms with van der Waals surface area (Å²) in [5.41, 5.74) is 4.42. The number of aliphatic hydroxyl groups excluding tert-OH is 1. The number of aryl methyl sites for hydroxylation is 1. The molecule has 1 aliphatic heterocycles. The van der Waals surface area contributed by atoms with Gasteiger partial charge in [0.05, 0.1) is 6.10 Å². The lowest BCUT2D eigenvalue weighted by atomic mass is 10.1. The monoisotopic (exact) mass is 337 g/mol. The molecule has 22 heavy (non-hydrogen) atoms. The van der Waals surface area contributed by atoms with Gasteiger partial charge in [0.1, 0.15) is 18.6 Å². The SMILES string of the molecule is Cc1cn([C@H]2C[C@H](O)[C@@H](C(N)OP(=O)(O)O)O2)c(=O)[nH]c1=O. The number of phosphoric acid groups is 1. The molecule has 0 spiro atoms. The second kappa shape index (κ2) is 6.05. The molecule has 12 heteroatoms. The number of nitrogens with two attached hydrogens (primary N) is 1. The van der Waals surface area contributed by atoms with Crippen molar-refractivity contribution in [2.24, 2.45) is 5.73 Å². The van der Waals surface area contributed by atoms with Crippen LogP contribution in [0.25, 0.3) is 0 Å². The maximum absolute atomic E-state index is 11.8. The van der Waals surface area contributed by atoms with Crippen molar-refractivity contribution in [3.8, 4) is 0 Å². The van der Waals surface area contributed by atoms with Crippen LogP contribution in [0.4, 0.5) is 0 Å². The van der Waals surface area contributed by atoms with E-state index in [0.29, 0.717) is 0 Å². The number of ether oxygens (including phenoxy) is 1. The van der Waals surface area contributed by atoms with E-state index in [1.165, 1.54) is 13.1 Å². The van der Waals surface area contributed by atoms with Gasteiger partial charge in [-0.25, -0.2) is 9.36 Å². The smallest absolute Gasteiger partial charge is 0.390 e. The number of hydrogen-bond acceptors (Lipinski definition) is 7. The highest BCUT2D eigenvalue weighted by molar-refractivity contribution is 7.46. The van der Waals surface area contributed by atoms with Crippen molar-refractivity contribution in [3.63, 3.8) is 0 Å². The van der Waals surface area contributed by atoms with E-state index in [1.54, 1.807) is 0 Å². The largest absolute Gasteiger partial charge is 0.471 e. The van der Waals surface area contributed by atoms with Crippen molar-refractivity contribution in [2.45, 2.75) is 38.0 Å². The number of nitrogens with one attached hydrogen (secondary N) is 1. The van der Waals surface area contributed by atoms with Crippen molar-refractivity contribution in [3.05, 3.63) is 32.6 Å². The van der Waals surface area contributed by atoms with Gasteiger partial charge < -0.3 is 25.4 Å². The molecule has 124 valence electrons. The summed E-state index contributed by atoms with van der Waals surface area (Å²) in [5.74, 6) is 0. The van der Waals surface area contributed by atoms with Crippen molar-refractivity contribution in [2.75, 3.05) is 0 Å². The number of nitrogens with zero attached hydrogens (tertiary/aromatic N) is 1. The van der Waals surface area contributed by atoms with Crippen LogP contribution in [0.15, 0.2) is 15.8 Å². The van der Waals surface area contributed by atoms with E-state index >= 15 is 0 Å². The lowest BCUT2D eigenvalue weighted by molar-refractivity contribution is -0.0786. The number of H-pyrrole nitrogens is 1. The van der Waals surface area contributed by atoms with Crippen LogP contribution in [0.3, 0.4) is 0 Å². The van der Waals surface area contributed by atoms with Crippen molar-refractivity contribution in [1.29, 1.82) is 0 Å². The Kier molecular flexibility index (Phi) is 4.68. The lowest BCUT2D eigenvalue weighted by Gasteiger charge is -2.22. The third-order valence-electron chi connectivity index (χ3n) is 3.18. The van der Waals surface area contributed by atoms with Crippen LogP contribution in [-0.2, 0) is 13.8 Å². The first-order valence-electron chi connectivity index (χ1n) is 6.23. The fraction of sp³-hybridized carbons (Fsp3) is 0.600. The number of phosphoric ester groups is 1. The van der Waals surface area contributed by atoms with Crippen LogP contribution in [0.5, 0.6) is 0 Å². The Labute approximate surface area is 123 Å². The van der Waals surface area contributed by atoms with Crippen LogP contribution in [0.1, 0.15) is 18.2 Å². The molecule has 1 aromatic rings. The number of hydrogen-bond donors (Lipinski definition) is 5. The van der Waals surface area contributed by atoms with E-state index in [9.17, 15) is 19.3 Å². The summed E-state index contributed by atoms with van der Waals surface area (Å²) in [5, 5.41) is 9.88. The molecule has 1 aliphatic rings. The summed E-state index contributed by atoms with van der Waals surface area (Å²) in [6.07, 6.45) is -3.78. The van der Waals surface area contributed by atoms with Crippen molar-refractivity contribution in [1.82, 2.24) is 9.55 Å². The second-order valence-corrected chi connectivity index (χ2v) is 6.09. The summed E-state index contributed by atoms with van der Waals surface area (Å²) >= 11 is 0. The number of aromatic nitrogens is 2. The van der Waals surface area contributed by atoms with Crippen molar-refractivity contribution >= 4 is 7.82 Å². The molecular weight excluding hydrogens is 321 g/mol. The number of rotatable bonds is 4. The van der Waals surface area contributed by atoms with E-state index in [-0.39, 0.29) is 12.0 Å². The molecule has 1 unspecified atom stereocenters. The molecule has 0 saturated carbocycles. The molecule has 1 aromatic heterocycles. The third-order valence-corrected chi connectivity index (χ3v) is 3.69. The minimum absolute atomic E-state index is 0.0612. The molecule has 0 amide bonds. The maximum atomic E-state index is 11.8. The Morgan fingerprint density at radius 1 is 1.55 bits per heavy atom. The minimum Gasteiger partial charge on any atom is -0.390 e. The van der Waals surface area contributed by atoms with Crippen molar-refractivity contribution < 1.29 is 28.7 Å². The highest BCUT2D eigenvalue weighted by Crippen LogP contribution is 2.39. The molecule has 1 fully saturated rings. The predicted octanol–water partition coefficient (Wildman–Crippen LogP) is -2.11. The Balaban J connectivity index is 2.21. The Morgan fingerprint density at radius 2 is 2.18 bits per heavy atom. The zero-order valence-electron chi connectivity index (χ0n) is 11.4. The molecule has 1 saturated heterocycles. The average Bonchev–Trinajstić information content (AvgIpc) is 2.73. The lowest BCUT2D eigenvalue weighted by Crippen LogP contribution is -2.42. The fourth-order valence-corrected chi connectivity index (χ4v) is 2.60. The van der Waals surface area contributed by atoms with Gasteiger partial charge in [0.25, 0.3) is 5.56 Å². The van der Waals surface area contributed by atoms with Gasteiger partial charge in [-0.2, -0.15) is 0 Å². The van der Waals surface area contributed by atoms with Gasteiger partial charge in [-0.3, -0.25) is 18.9 Å². The molecule has 2 heterocycles. The normalized spacial score (nSPS) is 27.0. The van der Waals surface area contributed by atoms with Crippen LogP contribution in [0.2, 0.25) is 0 Å². The molecule has 2 rings (SSSR count). The molecule has 0 radical (unpaired) electrons. The molecule has 0 aliphatic carbocycles. The van der Waals surface area contributed by atoms with Gasteiger partial charge in [-0.1, -0.05) is 0 Å². The molecule has 6 N–H and O–H groups in total. The first-order valence-corrected chi connectivity index (χ1v) is 7.76. The quantitative estimate of drug-likeness (QED) is 0.304. The van der Waals surface area contributed by atoms with E-state index in [4.69, 9.17) is 20.3 Å². The average molecular weight is 337 g/mol. The summed E-state index contributed by atoms with van der Waals surface area (Å²) in [7, 11) is -4.85. The minimum atomic E-state index is -4.85. The number of aliphatic hydroxyl groups is 1. The fourth-order valence-electron chi connectivity index (χ4n) is 2.16. The first kappa shape index (κ1) is 17.0. The number of aromatic amines is 1. The topological polar surface area (TPSA) is 177 Å². The first-order chi connectivity index (χ1) is 10.1. The zero-order chi connectivity index (χ0) is 16.7. The summed E-state index contributed by atoms with van der Waals surface area (Å²) in [4.78, 5) is 42.6. The Hall–Kier alpha value is -1.33. The van der Waals surface area contributed by atoms with E-state index in [1.807, 2.05) is 0 Å². The predicted molar refractivity (Wildman–Crippen MR) is 71.7 cm³/mol. The van der Waals surface area contributed by atoms with Crippen LogP contribution in [0, 0.1) is 6.92 Å². The van der Waals surface area contributed by atoms with Gasteiger partial charge in [0.15, 0.2) is 0 Å². The van der Waals surface area contributed by atoms with E-state index in [0.717, 1.165) is 4.57 Å². The summed E-state index contributed by atoms with van der Waals surface area (Å²) < 4.78 is 21.4. The standard InChI is InChI=1S/C10H16N3O8P/c1-4-3-13(10(16)12-9(4)15)6-2-5(14)7(20-6)8(11)21-22(17,18)19/h3,5-8,14H,2,11H2,1H3,(H,12,15,16)(H2,17,18,19)/t5-,6+,7-,8?/m0/s1. The summed E-state index contributed by atoms with van der Waals surface area (Å²) in [6.45, 7) is 1.49. The third kappa shape index (κ3) is 3.70. The van der Waals surface area contributed by atoms with Gasteiger partial charge in [-0.05, 0) is 6.92 Å². The van der Waals surface area contributed by atoms with E-state index < -0.39 is 43.7 Å². The zero-order valence-corrected chi connectivity index (χ0v) is 12.3. The highest BCUT2D eigenvalue weighted by Gasteiger charge is 2.41. The Morgan fingerprint density at radius 3 is 2.77 bits per heavy atom. The second-order valence-electron chi connectivity index (χ2n) is 4.90.